The highest BCUT2D eigenvalue weighted by molar-refractivity contribution is 5.30. The van der Waals surface area contributed by atoms with Crippen LogP contribution >= 0.6 is 0 Å². The summed E-state index contributed by atoms with van der Waals surface area (Å²) in [5.41, 5.74) is 5.65. The van der Waals surface area contributed by atoms with E-state index >= 15 is 0 Å². The molecule has 6 rings (SSSR count). The van der Waals surface area contributed by atoms with Gasteiger partial charge in [-0.25, -0.2) is 0 Å². The van der Waals surface area contributed by atoms with Gasteiger partial charge in [0, 0.05) is 48.9 Å². The van der Waals surface area contributed by atoms with Crippen LogP contribution in [0.5, 0.6) is 0 Å². The third-order valence-electron chi connectivity index (χ3n) is 7.48. The largest absolute Gasteiger partial charge is 0.298 e. The summed E-state index contributed by atoms with van der Waals surface area (Å²) in [4.78, 5) is 5.60. The molecule has 0 N–H and O–H groups in total. The maximum absolute atomic E-state index is 4.59. The van der Waals surface area contributed by atoms with Crippen molar-refractivity contribution >= 4 is 0 Å². The first kappa shape index (κ1) is 17.4. The molecule has 4 aliphatic rings. The second kappa shape index (κ2) is 6.75. The third kappa shape index (κ3) is 2.85. The highest BCUT2D eigenvalue weighted by Gasteiger charge is 2.53. The minimum Gasteiger partial charge on any atom is -0.298 e. The Morgan fingerprint density at radius 2 is 1.78 bits per heavy atom. The average Bonchev–Trinajstić information content (AvgIpc) is 3.26. The Kier molecular flexibility index (Phi) is 4.36. The lowest BCUT2D eigenvalue weighted by atomic mass is 9.75. The molecule has 1 aromatic heterocycles. The van der Waals surface area contributed by atoms with Gasteiger partial charge < -0.3 is 0 Å². The van der Waals surface area contributed by atoms with E-state index in [2.05, 4.69) is 70.8 Å². The zero-order valence-electron chi connectivity index (χ0n) is 16.9. The van der Waals surface area contributed by atoms with Crippen molar-refractivity contribution in [2.75, 3.05) is 19.6 Å². The van der Waals surface area contributed by atoms with E-state index in [1.807, 2.05) is 0 Å². The third-order valence-corrected chi connectivity index (χ3v) is 7.48. The second-order valence-electron chi connectivity index (χ2n) is 8.87. The van der Waals surface area contributed by atoms with Crippen LogP contribution in [-0.4, -0.2) is 51.3 Å². The zero-order valence-corrected chi connectivity index (χ0v) is 16.9. The average molecular weight is 365 g/mol. The molecule has 27 heavy (non-hydrogen) atoms. The summed E-state index contributed by atoms with van der Waals surface area (Å²) in [5, 5.41) is 4.59. The molecule has 2 aromatic rings. The molecule has 0 unspecified atom stereocenters. The van der Waals surface area contributed by atoms with E-state index in [-0.39, 0.29) is 0 Å². The van der Waals surface area contributed by atoms with Gasteiger partial charge in [-0.2, -0.15) is 5.10 Å². The number of aryl methyl sites for hydroxylation is 2. The molecular weight excluding hydrogens is 332 g/mol. The summed E-state index contributed by atoms with van der Waals surface area (Å²) < 4.78 is 2.14. The monoisotopic (exact) mass is 364 g/mol. The Balaban J connectivity index is 1.46. The van der Waals surface area contributed by atoms with Gasteiger partial charge in [-0.15, -0.1) is 0 Å². The first-order chi connectivity index (χ1) is 13.2. The molecule has 1 aromatic carbocycles. The van der Waals surface area contributed by atoms with Gasteiger partial charge in [0.2, 0.25) is 0 Å². The van der Waals surface area contributed by atoms with E-state index in [0.717, 1.165) is 19.0 Å². The molecule has 2 bridgehead atoms. The number of benzene rings is 1. The van der Waals surface area contributed by atoms with E-state index in [1.54, 1.807) is 0 Å². The number of fused-ring (bicyclic) bond motifs is 2. The Labute approximate surface area is 163 Å². The fraction of sp³-hybridized carbons (Fsp3) is 0.609. The van der Waals surface area contributed by atoms with E-state index in [1.165, 1.54) is 54.9 Å². The summed E-state index contributed by atoms with van der Waals surface area (Å²) in [7, 11) is 0. The number of aromatic nitrogens is 2. The van der Waals surface area contributed by atoms with Gasteiger partial charge in [-0.05, 0) is 58.2 Å². The molecule has 3 atom stereocenters. The van der Waals surface area contributed by atoms with Crippen molar-refractivity contribution in [1.29, 1.82) is 0 Å². The van der Waals surface area contributed by atoms with E-state index in [4.69, 9.17) is 0 Å². The maximum atomic E-state index is 4.59. The lowest BCUT2D eigenvalue weighted by molar-refractivity contribution is -0.00874. The van der Waals surface area contributed by atoms with Crippen LogP contribution in [0.25, 0.3) is 0 Å². The van der Waals surface area contributed by atoms with Gasteiger partial charge in [0.1, 0.15) is 0 Å². The van der Waals surface area contributed by atoms with Crippen LogP contribution in [0, 0.1) is 19.8 Å². The first-order valence-electron chi connectivity index (χ1n) is 10.7. The summed E-state index contributed by atoms with van der Waals surface area (Å²) in [6, 6.07) is 10.7. The van der Waals surface area contributed by atoms with Gasteiger partial charge in [-0.3, -0.25) is 14.5 Å². The molecule has 4 heteroatoms. The fourth-order valence-corrected chi connectivity index (χ4v) is 6.01. The lowest BCUT2D eigenvalue weighted by Gasteiger charge is -2.51. The van der Waals surface area contributed by atoms with Crippen molar-refractivity contribution in [3.63, 3.8) is 0 Å². The summed E-state index contributed by atoms with van der Waals surface area (Å²) in [6.07, 6.45) is 4.87. The number of rotatable bonds is 4. The van der Waals surface area contributed by atoms with Gasteiger partial charge in [0.15, 0.2) is 0 Å². The SMILES string of the molecule is CCn1ncc(CN2C[C@@H](c3ccc(C)cc3)[C@@H]3[C@H]2C2CCN3CC2)c1C. The van der Waals surface area contributed by atoms with Crippen molar-refractivity contribution in [3.8, 4) is 0 Å². The normalized spacial score (nSPS) is 32.8. The predicted molar refractivity (Wildman–Crippen MR) is 109 cm³/mol. The molecule has 0 spiro atoms. The minimum atomic E-state index is 0.639. The molecule has 4 saturated heterocycles. The highest BCUT2D eigenvalue weighted by atomic mass is 15.3. The number of piperidine rings is 3. The van der Waals surface area contributed by atoms with E-state index < -0.39 is 0 Å². The standard InChI is InChI=1S/C23H32N4/c1-4-27-17(3)20(13-24-27)14-26-15-21(18-7-5-16(2)6-8-18)23-22(26)19-9-11-25(23)12-10-19/h5-8,13,19,21-23H,4,9-12,14-15H2,1-3H3/t21-,22+,23+/m0/s1. The van der Waals surface area contributed by atoms with Crippen molar-refractivity contribution in [2.24, 2.45) is 5.92 Å². The number of hydrogen-bond acceptors (Lipinski definition) is 3. The summed E-state index contributed by atoms with van der Waals surface area (Å²) >= 11 is 0. The van der Waals surface area contributed by atoms with Crippen LogP contribution in [-0.2, 0) is 13.1 Å². The molecule has 144 valence electrons. The smallest absolute Gasteiger partial charge is 0.0537 e. The molecule has 0 amide bonds. The number of likely N-dealkylation sites (tertiary alicyclic amines) is 1. The highest BCUT2D eigenvalue weighted by Crippen LogP contribution is 2.47. The Bertz CT molecular complexity index is 800. The maximum Gasteiger partial charge on any atom is 0.0537 e. The minimum absolute atomic E-state index is 0.639. The Morgan fingerprint density at radius 3 is 2.44 bits per heavy atom. The van der Waals surface area contributed by atoms with Crippen LogP contribution < -0.4 is 0 Å². The van der Waals surface area contributed by atoms with E-state index in [9.17, 15) is 0 Å². The van der Waals surface area contributed by atoms with Crippen LogP contribution in [0.1, 0.15) is 48.1 Å². The molecule has 4 fully saturated rings. The van der Waals surface area contributed by atoms with Crippen molar-refractivity contribution in [1.82, 2.24) is 19.6 Å². The quantitative estimate of drug-likeness (QED) is 0.829. The number of hydrogen-bond donors (Lipinski definition) is 0. The van der Waals surface area contributed by atoms with E-state index in [0.29, 0.717) is 18.0 Å². The van der Waals surface area contributed by atoms with Gasteiger partial charge in [0.05, 0.1) is 6.20 Å². The van der Waals surface area contributed by atoms with Crippen LogP contribution in [0.3, 0.4) is 0 Å². The Hall–Kier alpha value is -1.65. The molecular formula is C23H32N4. The zero-order chi connectivity index (χ0) is 18.5. The van der Waals surface area contributed by atoms with Crippen LogP contribution in [0.4, 0.5) is 0 Å². The number of nitrogens with zero attached hydrogens (tertiary/aromatic N) is 4. The van der Waals surface area contributed by atoms with Crippen molar-refractivity contribution < 1.29 is 0 Å². The lowest BCUT2D eigenvalue weighted by Crippen LogP contribution is -2.59. The molecule has 0 saturated carbocycles. The molecule has 0 aliphatic carbocycles. The summed E-state index contributed by atoms with van der Waals surface area (Å²) in [6.45, 7) is 12.4. The fourth-order valence-electron chi connectivity index (χ4n) is 6.01. The first-order valence-corrected chi connectivity index (χ1v) is 10.7. The molecule has 4 nitrogen and oxygen atoms in total. The van der Waals surface area contributed by atoms with Gasteiger partial charge in [0.25, 0.3) is 0 Å². The summed E-state index contributed by atoms with van der Waals surface area (Å²) in [5.74, 6) is 1.51. The van der Waals surface area contributed by atoms with Gasteiger partial charge in [-0.1, -0.05) is 29.8 Å². The van der Waals surface area contributed by atoms with Crippen molar-refractivity contribution in [3.05, 3.63) is 52.8 Å². The van der Waals surface area contributed by atoms with Crippen LogP contribution in [0.15, 0.2) is 30.5 Å². The second-order valence-corrected chi connectivity index (χ2v) is 8.87. The van der Waals surface area contributed by atoms with Gasteiger partial charge >= 0.3 is 0 Å². The van der Waals surface area contributed by atoms with Crippen LogP contribution in [0.2, 0.25) is 0 Å². The molecule has 0 radical (unpaired) electrons. The Morgan fingerprint density at radius 1 is 1.04 bits per heavy atom. The molecule has 5 heterocycles. The predicted octanol–water partition coefficient (Wildman–Crippen LogP) is 3.58. The van der Waals surface area contributed by atoms with Crippen molar-refractivity contribution in [2.45, 2.75) is 64.7 Å². The molecule has 4 aliphatic heterocycles. The topological polar surface area (TPSA) is 24.3 Å².